The standard InChI is InChI=1S/C13H16N2O2/c1-13(17,9-12-14-7-8-15(12)2)10-3-5-11(16)6-4-10/h3-8,16-17H,9H2,1-2H3. The van der Waals surface area contributed by atoms with Gasteiger partial charge in [0, 0.05) is 25.9 Å². The molecule has 2 rings (SSSR count). The largest absolute Gasteiger partial charge is 0.508 e. The fourth-order valence-corrected chi connectivity index (χ4v) is 1.80. The van der Waals surface area contributed by atoms with Gasteiger partial charge in [-0.3, -0.25) is 0 Å². The van der Waals surface area contributed by atoms with E-state index in [0.29, 0.717) is 6.42 Å². The molecule has 2 N–H and O–H groups in total. The minimum atomic E-state index is -0.993. The van der Waals surface area contributed by atoms with Gasteiger partial charge in [0.05, 0.1) is 5.60 Å². The predicted octanol–water partition coefficient (Wildman–Crippen LogP) is 1.58. The molecule has 1 heterocycles. The van der Waals surface area contributed by atoms with Gasteiger partial charge in [-0.1, -0.05) is 12.1 Å². The number of hydrogen-bond acceptors (Lipinski definition) is 3. The summed E-state index contributed by atoms with van der Waals surface area (Å²) in [6.45, 7) is 1.74. The van der Waals surface area contributed by atoms with E-state index in [0.717, 1.165) is 11.4 Å². The second kappa shape index (κ2) is 4.22. The molecule has 1 atom stereocenters. The van der Waals surface area contributed by atoms with Crippen molar-refractivity contribution in [2.45, 2.75) is 18.9 Å². The molecule has 0 radical (unpaired) electrons. The molecule has 0 aliphatic carbocycles. The molecule has 17 heavy (non-hydrogen) atoms. The quantitative estimate of drug-likeness (QED) is 0.844. The van der Waals surface area contributed by atoms with Crippen molar-refractivity contribution in [1.29, 1.82) is 0 Å². The van der Waals surface area contributed by atoms with Crippen molar-refractivity contribution in [3.8, 4) is 5.75 Å². The maximum atomic E-state index is 10.4. The van der Waals surface area contributed by atoms with Gasteiger partial charge < -0.3 is 14.8 Å². The van der Waals surface area contributed by atoms with Crippen LogP contribution in [-0.4, -0.2) is 19.8 Å². The van der Waals surface area contributed by atoms with Gasteiger partial charge in [-0.25, -0.2) is 4.98 Å². The maximum absolute atomic E-state index is 10.4. The first-order chi connectivity index (χ1) is 7.99. The molecule has 90 valence electrons. The number of rotatable bonds is 3. The lowest BCUT2D eigenvalue weighted by molar-refractivity contribution is 0.0547. The molecule has 0 bridgehead atoms. The van der Waals surface area contributed by atoms with Crippen molar-refractivity contribution in [3.05, 3.63) is 48.0 Å². The molecule has 1 aromatic heterocycles. The van der Waals surface area contributed by atoms with Crippen LogP contribution in [0.15, 0.2) is 36.7 Å². The second-order valence-electron chi connectivity index (χ2n) is 4.45. The van der Waals surface area contributed by atoms with Crippen LogP contribution in [0.5, 0.6) is 5.75 Å². The van der Waals surface area contributed by atoms with Crippen molar-refractivity contribution < 1.29 is 10.2 Å². The molecular formula is C13H16N2O2. The summed E-state index contributed by atoms with van der Waals surface area (Å²) in [7, 11) is 1.90. The van der Waals surface area contributed by atoms with E-state index in [-0.39, 0.29) is 5.75 Å². The topological polar surface area (TPSA) is 58.3 Å². The lowest BCUT2D eigenvalue weighted by atomic mass is 9.92. The number of phenols is 1. The van der Waals surface area contributed by atoms with Crippen LogP contribution in [-0.2, 0) is 19.1 Å². The summed E-state index contributed by atoms with van der Waals surface area (Å²) in [5, 5.41) is 19.7. The van der Waals surface area contributed by atoms with Crippen LogP contribution in [0.2, 0.25) is 0 Å². The van der Waals surface area contributed by atoms with E-state index < -0.39 is 5.60 Å². The number of hydrogen-bond donors (Lipinski definition) is 2. The Balaban J connectivity index is 2.24. The van der Waals surface area contributed by atoms with Crippen molar-refractivity contribution in [3.63, 3.8) is 0 Å². The number of aliphatic hydroxyl groups is 1. The molecule has 0 saturated heterocycles. The fourth-order valence-electron chi connectivity index (χ4n) is 1.80. The van der Waals surface area contributed by atoms with Gasteiger partial charge in [-0.05, 0) is 24.6 Å². The summed E-state index contributed by atoms with van der Waals surface area (Å²) in [6.07, 6.45) is 3.99. The van der Waals surface area contributed by atoms with E-state index >= 15 is 0 Å². The molecule has 2 aromatic rings. The van der Waals surface area contributed by atoms with E-state index in [4.69, 9.17) is 0 Å². The summed E-state index contributed by atoms with van der Waals surface area (Å²) in [6, 6.07) is 6.58. The minimum Gasteiger partial charge on any atom is -0.508 e. The summed E-state index contributed by atoms with van der Waals surface area (Å²) in [5.41, 5.74) is -0.231. The van der Waals surface area contributed by atoms with Crippen LogP contribution >= 0.6 is 0 Å². The fraction of sp³-hybridized carbons (Fsp3) is 0.308. The first-order valence-corrected chi connectivity index (χ1v) is 5.47. The first kappa shape index (κ1) is 11.7. The SMILES string of the molecule is Cn1ccnc1CC(C)(O)c1ccc(O)cc1. The van der Waals surface area contributed by atoms with E-state index in [1.165, 1.54) is 0 Å². The van der Waals surface area contributed by atoms with Crippen LogP contribution in [0.25, 0.3) is 0 Å². The molecule has 0 amide bonds. The molecule has 0 saturated carbocycles. The van der Waals surface area contributed by atoms with Crippen LogP contribution < -0.4 is 0 Å². The summed E-state index contributed by atoms with van der Waals surface area (Å²) < 4.78 is 1.88. The highest BCUT2D eigenvalue weighted by molar-refractivity contribution is 5.30. The highest BCUT2D eigenvalue weighted by atomic mass is 16.3. The summed E-state index contributed by atoms with van der Waals surface area (Å²) in [5.74, 6) is 1.02. The van der Waals surface area contributed by atoms with E-state index in [9.17, 15) is 10.2 Å². The molecule has 0 aliphatic heterocycles. The zero-order valence-electron chi connectivity index (χ0n) is 9.96. The normalized spacial score (nSPS) is 14.5. The molecule has 0 aliphatic rings. The molecule has 1 aromatic carbocycles. The third-order valence-electron chi connectivity index (χ3n) is 2.91. The second-order valence-corrected chi connectivity index (χ2v) is 4.45. The predicted molar refractivity (Wildman–Crippen MR) is 64.6 cm³/mol. The third-order valence-corrected chi connectivity index (χ3v) is 2.91. The molecule has 1 unspecified atom stereocenters. The number of aromatic nitrogens is 2. The van der Waals surface area contributed by atoms with Crippen molar-refractivity contribution in [1.82, 2.24) is 9.55 Å². The van der Waals surface area contributed by atoms with Gasteiger partial charge in [-0.15, -0.1) is 0 Å². The van der Waals surface area contributed by atoms with Crippen LogP contribution in [0.1, 0.15) is 18.3 Å². The lowest BCUT2D eigenvalue weighted by Gasteiger charge is -2.23. The van der Waals surface area contributed by atoms with Gasteiger partial charge in [0.2, 0.25) is 0 Å². The third kappa shape index (κ3) is 2.47. The van der Waals surface area contributed by atoms with E-state index in [2.05, 4.69) is 4.98 Å². The van der Waals surface area contributed by atoms with E-state index in [1.807, 2.05) is 17.8 Å². The molecule has 4 nitrogen and oxygen atoms in total. The number of aryl methyl sites for hydroxylation is 1. The van der Waals surface area contributed by atoms with E-state index in [1.54, 1.807) is 37.4 Å². The Hall–Kier alpha value is -1.81. The van der Waals surface area contributed by atoms with Crippen LogP contribution in [0.4, 0.5) is 0 Å². The maximum Gasteiger partial charge on any atom is 0.115 e. The van der Waals surface area contributed by atoms with Gasteiger partial charge in [-0.2, -0.15) is 0 Å². The number of imidazole rings is 1. The Morgan fingerprint density at radius 1 is 1.29 bits per heavy atom. The van der Waals surface area contributed by atoms with Crippen molar-refractivity contribution >= 4 is 0 Å². The average molecular weight is 232 g/mol. The summed E-state index contributed by atoms with van der Waals surface area (Å²) in [4.78, 5) is 4.20. The summed E-state index contributed by atoms with van der Waals surface area (Å²) >= 11 is 0. The van der Waals surface area contributed by atoms with Gasteiger partial charge in [0.25, 0.3) is 0 Å². The monoisotopic (exact) mass is 232 g/mol. The zero-order chi connectivity index (χ0) is 12.5. The van der Waals surface area contributed by atoms with Gasteiger partial charge >= 0.3 is 0 Å². The van der Waals surface area contributed by atoms with Crippen molar-refractivity contribution in [2.75, 3.05) is 0 Å². The number of aromatic hydroxyl groups is 1. The lowest BCUT2D eigenvalue weighted by Crippen LogP contribution is -2.25. The number of benzene rings is 1. The number of nitrogens with zero attached hydrogens (tertiary/aromatic N) is 2. The highest BCUT2D eigenvalue weighted by Crippen LogP contribution is 2.25. The molecule has 0 spiro atoms. The van der Waals surface area contributed by atoms with Crippen LogP contribution in [0, 0.1) is 0 Å². The smallest absolute Gasteiger partial charge is 0.115 e. The van der Waals surface area contributed by atoms with Crippen LogP contribution in [0.3, 0.4) is 0 Å². The van der Waals surface area contributed by atoms with Gasteiger partial charge in [0.15, 0.2) is 0 Å². The molecule has 0 fully saturated rings. The average Bonchev–Trinajstić information content (AvgIpc) is 2.64. The Labute approximate surface area is 100 Å². The Morgan fingerprint density at radius 2 is 1.94 bits per heavy atom. The molecule has 4 heteroatoms. The molecular weight excluding hydrogens is 216 g/mol. The van der Waals surface area contributed by atoms with Crippen molar-refractivity contribution in [2.24, 2.45) is 7.05 Å². The highest BCUT2D eigenvalue weighted by Gasteiger charge is 2.25. The first-order valence-electron chi connectivity index (χ1n) is 5.47. The van der Waals surface area contributed by atoms with Gasteiger partial charge in [0.1, 0.15) is 11.6 Å². The number of phenolic OH excluding ortho intramolecular Hbond substituents is 1. The minimum absolute atomic E-state index is 0.196. The Kier molecular flexibility index (Phi) is 2.90. The zero-order valence-corrected chi connectivity index (χ0v) is 9.96. The Morgan fingerprint density at radius 3 is 2.47 bits per heavy atom. The Bertz CT molecular complexity index is 500.